The summed E-state index contributed by atoms with van der Waals surface area (Å²) in [6, 6.07) is -0.370. The number of halogens is 1. The van der Waals surface area contributed by atoms with E-state index in [1.165, 1.54) is 6.08 Å². The molecule has 5 nitrogen and oxygen atoms in total. The number of allylic oxidation sites excluding steroid dienone is 2. The first kappa shape index (κ1) is 18.0. The molecule has 0 rings (SSSR count). The standard InChI is InChI=1S/C14H21FN2O3/c1-10(2)13(17-9-18)7-12(19)8-14(20)16-6-4-5-11(3)15/h4-5,9,12-13,19H,1,3,6-8H2,2H3,(H,16,20)(H,17,18)/b5-4+. The van der Waals surface area contributed by atoms with Gasteiger partial charge in [-0.2, -0.15) is 0 Å². The minimum absolute atomic E-state index is 0.102. The van der Waals surface area contributed by atoms with E-state index >= 15 is 0 Å². The van der Waals surface area contributed by atoms with E-state index in [2.05, 4.69) is 23.8 Å². The fourth-order valence-electron chi connectivity index (χ4n) is 1.49. The monoisotopic (exact) mass is 284 g/mol. The molecular weight excluding hydrogens is 263 g/mol. The number of aliphatic hydroxyl groups is 1. The van der Waals surface area contributed by atoms with Crippen LogP contribution >= 0.6 is 0 Å². The molecule has 6 heteroatoms. The molecule has 2 atom stereocenters. The number of amides is 2. The van der Waals surface area contributed by atoms with Gasteiger partial charge in [0.1, 0.15) is 5.83 Å². The van der Waals surface area contributed by atoms with Crippen LogP contribution in [0.15, 0.2) is 36.7 Å². The number of aliphatic hydroxyl groups excluding tert-OH is 1. The number of nitrogens with one attached hydrogen (secondary N) is 2. The minimum atomic E-state index is -0.899. The van der Waals surface area contributed by atoms with Crippen molar-refractivity contribution in [1.82, 2.24) is 10.6 Å². The Morgan fingerprint density at radius 1 is 1.45 bits per heavy atom. The summed E-state index contributed by atoms with van der Waals surface area (Å²) in [5.74, 6) is -0.957. The third-order valence-electron chi connectivity index (χ3n) is 2.51. The van der Waals surface area contributed by atoms with Crippen molar-refractivity contribution in [2.45, 2.75) is 31.9 Å². The zero-order valence-electron chi connectivity index (χ0n) is 11.6. The largest absolute Gasteiger partial charge is 0.393 e. The van der Waals surface area contributed by atoms with E-state index in [4.69, 9.17) is 0 Å². The molecule has 3 N–H and O–H groups in total. The first-order chi connectivity index (χ1) is 9.36. The van der Waals surface area contributed by atoms with E-state index in [-0.39, 0.29) is 31.3 Å². The molecule has 0 saturated carbocycles. The molecule has 0 radical (unpaired) electrons. The zero-order valence-corrected chi connectivity index (χ0v) is 11.6. The predicted octanol–water partition coefficient (Wildman–Crippen LogP) is 0.974. The van der Waals surface area contributed by atoms with Crippen LogP contribution in [0.3, 0.4) is 0 Å². The molecule has 0 aliphatic rings. The minimum Gasteiger partial charge on any atom is -0.393 e. The fourth-order valence-corrected chi connectivity index (χ4v) is 1.49. The summed E-state index contributed by atoms with van der Waals surface area (Å²) < 4.78 is 12.3. The molecule has 0 heterocycles. The molecule has 2 unspecified atom stereocenters. The average molecular weight is 284 g/mol. The number of hydrogen-bond donors (Lipinski definition) is 3. The van der Waals surface area contributed by atoms with Crippen LogP contribution in [0.4, 0.5) is 4.39 Å². The Morgan fingerprint density at radius 3 is 2.60 bits per heavy atom. The third kappa shape index (κ3) is 9.04. The van der Waals surface area contributed by atoms with Crippen LogP contribution in [0.5, 0.6) is 0 Å². The molecule has 0 aliphatic heterocycles. The highest BCUT2D eigenvalue weighted by molar-refractivity contribution is 5.76. The first-order valence-electron chi connectivity index (χ1n) is 6.17. The Kier molecular flexibility index (Phi) is 8.95. The van der Waals surface area contributed by atoms with E-state index in [0.717, 1.165) is 6.08 Å². The van der Waals surface area contributed by atoms with Gasteiger partial charge in [0.05, 0.1) is 18.6 Å². The lowest BCUT2D eigenvalue weighted by molar-refractivity contribution is -0.122. The fraction of sp³-hybridized carbons (Fsp3) is 0.429. The van der Waals surface area contributed by atoms with Gasteiger partial charge in [0.15, 0.2) is 0 Å². The summed E-state index contributed by atoms with van der Waals surface area (Å²) in [5, 5.41) is 14.8. The van der Waals surface area contributed by atoms with Crippen LogP contribution in [0, 0.1) is 0 Å². The number of carbonyl (C=O) groups excluding carboxylic acids is 2. The van der Waals surface area contributed by atoms with Crippen LogP contribution in [-0.4, -0.2) is 36.1 Å². The maximum absolute atomic E-state index is 12.3. The maximum atomic E-state index is 12.3. The summed E-state index contributed by atoms with van der Waals surface area (Å²) in [6.07, 6.45) is 2.29. The second-order valence-electron chi connectivity index (χ2n) is 4.43. The second-order valence-corrected chi connectivity index (χ2v) is 4.43. The van der Waals surface area contributed by atoms with Gasteiger partial charge in [0, 0.05) is 6.54 Å². The normalized spacial score (nSPS) is 13.6. The predicted molar refractivity (Wildman–Crippen MR) is 75.4 cm³/mol. The molecule has 2 amide bonds. The van der Waals surface area contributed by atoms with Crippen molar-refractivity contribution in [2.75, 3.05) is 6.54 Å². The van der Waals surface area contributed by atoms with Crippen LogP contribution in [0.25, 0.3) is 0 Å². The van der Waals surface area contributed by atoms with E-state index in [1.807, 2.05) is 0 Å². The lowest BCUT2D eigenvalue weighted by Gasteiger charge is -2.19. The number of carbonyl (C=O) groups is 2. The van der Waals surface area contributed by atoms with Gasteiger partial charge in [0.25, 0.3) is 0 Å². The maximum Gasteiger partial charge on any atom is 0.222 e. The van der Waals surface area contributed by atoms with Gasteiger partial charge >= 0.3 is 0 Å². The smallest absolute Gasteiger partial charge is 0.222 e. The first-order valence-corrected chi connectivity index (χ1v) is 6.17. The highest BCUT2D eigenvalue weighted by Gasteiger charge is 2.17. The molecule has 0 aromatic heterocycles. The van der Waals surface area contributed by atoms with Crippen LogP contribution in [-0.2, 0) is 9.59 Å². The molecule has 0 aromatic carbocycles. The molecule has 0 saturated heterocycles. The quantitative estimate of drug-likeness (QED) is 0.318. The van der Waals surface area contributed by atoms with Crippen molar-refractivity contribution in [3.63, 3.8) is 0 Å². The molecule has 0 aromatic rings. The summed E-state index contributed by atoms with van der Waals surface area (Å²) in [5.41, 5.74) is 0.695. The van der Waals surface area contributed by atoms with E-state index in [0.29, 0.717) is 12.0 Å². The Balaban J connectivity index is 4.08. The van der Waals surface area contributed by atoms with Crippen molar-refractivity contribution in [2.24, 2.45) is 0 Å². The van der Waals surface area contributed by atoms with Gasteiger partial charge in [-0.25, -0.2) is 4.39 Å². The van der Waals surface area contributed by atoms with Gasteiger partial charge in [-0.3, -0.25) is 9.59 Å². The topological polar surface area (TPSA) is 78.4 Å². The Hall–Kier alpha value is -1.95. The zero-order chi connectivity index (χ0) is 15.5. The van der Waals surface area contributed by atoms with Crippen molar-refractivity contribution in [3.8, 4) is 0 Å². The second kappa shape index (κ2) is 9.91. The molecule has 0 spiro atoms. The van der Waals surface area contributed by atoms with Gasteiger partial charge < -0.3 is 15.7 Å². The van der Waals surface area contributed by atoms with Crippen molar-refractivity contribution in [1.29, 1.82) is 0 Å². The molecule has 0 bridgehead atoms. The third-order valence-corrected chi connectivity index (χ3v) is 2.51. The van der Waals surface area contributed by atoms with E-state index < -0.39 is 11.9 Å². The van der Waals surface area contributed by atoms with Gasteiger partial charge in [-0.1, -0.05) is 24.8 Å². The summed E-state index contributed by atoms with van der Waals surface area (Å²) in [7, 11) is 0. The van der Waals surface area contributed by atoms with Crippen LogP contribution < -0.4 is 10.6 Å². The van der Waals surface area contributed by atoms with E-state index in [9.17, 15) is 19.1 Å². The Labute approximate surface area is 118 Å². The lowest BCUT2D eigenvalue weighted by atomic mass is 10.0. The Morgan fingerprint density at radius 2 is 2.10 bits per heavy atom. The van der Waals surface area contributed by atoms with Gasteiger partial charge in [-0.05, 0) is 19.4 Å². The average Bonchev–Trinajstić information content (AvgIpc) is 2.33. The van der Waals surface area contributed by atoms with Crippen LogP contribution in [0.1, 0.15) is 19.8 Å². The molecule has 112 valence electrons. The SMILES string of the molecule is C=C(F)/C=C/CNC(=O)CC(O)CC(NC=O)C(=C)C. The van der Waals surface area contributed by atoms with Crippen molar-refractivity contribution >= 4 is 12.3 Å². The highest BCUT2D eigenvalue weighted by Crippen LogP contribution is 2.08. The summed E-state index contributed by atoms with van der Waals surface area (Å²) >= 11 is 0. The van der Waals surface area contributed by atoms with Crippen LogP contribution in [0.2, 0.25) is 0 Å². The van der Waals surface area contributed by atoms with Gasteiger partial charge in [-0.15, -0.1) is 0 Å². The lowest BCUT2D eigenvalue weighted by Crippen LogP contribution is -2.35. The summed E-state index contributed by atoms with van der Waals surface area (Å²) in [4.78, 5) is 21.9. The number of hydrogen-bond acceptors (Lipinski definition) is 3. The molecule has 20 heavy (non-hydrogen) atoms. The molecule has 0 aliphatic carbocycles. The van der Waals surface area contributed by atoms with Crippen molar-refractivity contribution in [3.05, 3.63) is 36.7 Å². The Bertz CT molecular complexity index is 394. The molecular formula is C14H21FN2O3. The highest BCUT2D eigenvalue weighted by atomic mass is 19.1. The summed E-state index contributed by atoms with van der Waals surface area (Å²) in [6.45, 7) is 8.62. The molecule has 0 fully saturated rings. The van der Waals surface area contributed by atoms with Crippen molar-refractivity contribution < 1.29 is 19.1 Å². The van der Waals surface area contributed by atoms with E-state index in [1.54, 1.807) is 6.92 Å². The van der Waals surface area contributed by atoms with Gasteiger partial charge in [0.2, 0.25) is 12.3 Å². The number of rotatable bonds is 10.